The highest BCUT2D eigenvalue weighted by Crippen LogP contribution is 2.40. The van der Waals surface area contributed by atoms with Crippen LogP contribution in [0.25, 0.3) is 5.76 Å². The molecule has 1 heterocycles. The average Bonchev–Trinajstić information content (AvgIpc) is 3.05. The predicted octanol–water partition coefficient (Wildman–Crippen LogP) is 4.76. The number of carbonyl (C=O) groups excluding carboxylic acids is 2. The Balaban J connectivity index is 2.06. The zero-order chi connectivity index (χ0) is 25.0. The van der Waals surface area contributed by atoms with Crippen molar-refractivity contribution < 1.29 is 19.4 Å². The highest BCUT2D eigenvalue weighted by atomic mass is 16.5. The molecule has 182 valence electrons. The van der Waals surface area contributed by atoms with Crippen LogP contribution in [0.4, 0.5) is 0 Å². The number of Topliss-reactive ketones (excluding diaryl/α,β-unsaturated/α-hetero) is 1. The van der Waals surface area contributed by atoms with Gasteiger partial charge in [-0.2, -0.15) is 0 Å². The lowest BCUT2D eigenvalue weighted by molar-refractivity contribution is -0.140. The second-order valence-electron chi connectivity index (χ2n) is 10.0. The monoisotopic (exact) mass is 464 g/mol. The zero-order valence-corrected chi connectivity index (χ0v) is 21.1. The molecule has 0 spiro atoms. The fourth-order valence-electron chi connectivity index (χ4n) is 4.01. The summed E-state index contributed by atoms with van der Waals surface area (Å²) in [5.41, 5.74) is 2.53. The van der Waals surface area contributed by atoms with Crippen LogP contribution in [0.15, 0.2) is 54.1 Å². The van der Waals surface area contributed by atoms with Crippen LogP contribution in [-0.2, 0) is 15.0 Å². The van der Waals surface area contributed by atoms with E-state index in [2.05, 4.69) is 20.8 Å². The van der Waals surface area contributed by atoms with Crippen LogP contribution in [0.2, 0.25) is 0 Å². The maximum Gasteiger partial charge on any atom is 0.295 e. The van der Waals surface area contributed by atoms with Gasteiger partial charge in [-0.15, -0.1) is 0 Å². The van der Waals surface area contributed by atoms with E-state index in [1.807, 2.05) is 50.2 Å². The van der Waals surface area contributed by atoms with E-state index in [0.717, 1.165) is 17.5 Å². The number of aliphatic hydroxyl groups excluding tert-OH is 1. The summed E-state index contributed by atoms with van der Waals surface area (Å²) in [6.07, 6.45) is 0.895. The van der Waals surface area contributed by atoms with Gasteiger partial charge in [-0.05, 0) is 61.3 Å². The molecule has 1 aliphatic rings. The molecule has 0 saturated carbocycles. The third-order valence-electron chi connectivity index (χ3n) is 6.02. The van der Waals surface area contributed by atoms with E-state index in [9.17, 15) is 14.7 Å². The third kappa shape index (κ3) is 5.50. The number of ketones is 1. The Bertz CT molecular complexity index is 1050. The molecule has 1 N–H and O–H groups in total. The molecule has 1 fully saturated rings. The lowest BCUT2D eigenvalue weighted by Gasteiger charge is -2.27. The van der Waals surface area contributed by atoms with Crippen LogP contribution >= 0.6 is 0 Å². The number of hydrogen-bond acceptors (Lipinski definition) is 5. The van der Waals surface area contributed by atoms with Gasteiger partial charge in [-0.25, -0.2) is 0 Å². The van der Waals surface area contributed by atoms with E-state index >= 15 is 0 Å². The molecule has 6 nitrogen and oxygen atoms in total. The van der Waals surface area contributed by atoms with Crippen LogP contribution in [0.1, 0.15) is 56.8 Å². The van der Waals surface area contributed by atoms with E-state index < -0.39 is 17.7 Å². The molecule has 0 bridgehead atoms. The van der Waals surface area contributed by atoms with Crippen LogP contribution in [0, 0.1) is 0 Å². The number of benzene rings is 2. The number of aliphatic hydroxyl groups is 1. The van der Waals surface area contributed by atoms with Crippen LogP contribution in [0.5, 0.6) is 5.75 Å². The Morgan fingerprint density at radius 3 is 2.18 bits per heavy atom. The van der Waals surface area contributed by atoms with Crippen LogP contribution in [-0.4, -0.2) is 60.4 Å². The minimum atomic E-state index is -0.660. The largest absolute Gasteiger partial charge is 0.507 e. The molecule has 6 heteroatoms. The molecule has 0 unspecified atom stereocenters. The maximum atomic E-state index is 13.1. The molecule has 3 rings (SSSR count). The number of likely N-dealkylation sites (N-methyl/N-ethyl adjacent to an activating group) is 1. The molecular weight excluding hydrogens is 428 g/mol. The summed E-state index contributed by atoms with van der Waals surface area (Å²) in [5.74, 6) is -0.722. The number of ether oxygens (including phenoxy) is 1. The van der Waals surface area contributed by atoms with Crippen molar-refractivity contribution in [2.24, 2.45) is 0 Å². The Morgan fingerprint density at radius 1 is 1.03 bits per heavy atom. The normalized spacial score (nSPS) is 18.1. The van der Waals surface area contributed by atoms with Gasteiger partial charge >= 0.3 is 0 Å². The van der Waals surface area contributed by atoms with Gasteiger partial charge in [-0.1, -0.05) is 52.0 Å². The predicted molar refractivity (Wildman–Crippen MR) is 135 cm³/mol. The van der Waals surface area contributed by atoms with Crippen molar-refractivity contribution in [2.75, 3.05) is 33.8 Å². The first-order valence-electron chi connectivity index (χ1n) is 11.8. The first-order valence-corrected chi connectivity index (χ1v) is 11.8. The highest BCUT2D eigenvalue weighted by molar-refractivity contribution is 6.46. The number of nitrogens with zero attached hydrogens (tertiary/aromatic N) is 2. The molecule has 2 aromatic rings. The van der Waals surface area contributed by atoms with Crippen molar-refractivity contribution >= 4 is 17.4 Å². The topological polar surface area (TPSA) is 70.1 Å². The smallest absolute Gasteiger partial charge is 0.295 e. The lowest BCUT2D eigenvalue weighted by atomic mass is 9.85. The highest BCUT2D eigenvalue weighted by Gasteiger charge is 2.45. The summed E-state index contributed by atoms with van der Waals surface area (Å²) in [5, 5.41) is 11.2. The van der Waals surface area contributed by atoms with Crippen LogP contribution in [0.3, 0.4) is 0 Å². The summed E-state index contributed by atoms with van der Waals surface area (Å²) in [7, 11) is 3.85. The van der Waals surface area contributed by atoms with Crippen molar-refractivity contribution in [1.82, 2.24) is 9.80 Å². The molecule has 2 aromatic carbocycles. The standard InChI is InChI=1S/C28H36N2O4/c1-7-18-34-22-14-10-20(11-15-22)25(31)23-24(19-8-12-21(13-9-19)28(2,3)4)30(17-16-29(5)6)27(33)26(23)32/h8-15,24,31H,7,16-18H2,1-6H3/t24-/m1/s1. The van der Waals surface area contributed by atoms with E-state index in [0.29, 0.717) is 31.0 Å². The summed E-state index contributed by atoms with van der Waals surface area (Å²) >= 11 is 0. The van der Waals surface area contributed by atoms with Crippen molar-refractivity contribution in [3.63, 3.8) is 0 Å². The van der Waals surface area contributed by atoms with Gasteiger partial charge < -0.3 is 19.6 Å². The lowest BCUT2D eigenvalue weighted by Crippen LogP contribution is -2.35. The molecule has 0 aromatic heterocycles. The van der Waals surface area contributed by atoms with E-state index in [1.165, 1.54) is 0 Å². The molecule has 1 saturated heterocycles. The quantitative estimate of drug-likeness (QED) is 0.347. The fraction of sp³-hybridized carbons (Fsp3) is 0.429. The molecular formula is C28H36N2O4. The first-order chi connectivity index (χ1) is 16.0. The molecule has 34 heavy (non-hydrogen) atoms. The summed E-state index contributed by atoms with van der Waals surface area (Å²) in [6.45, 7) is 10.0. The van der Waals surface area contributed by atoms with Gasteiger partial charge in [-0.3, -0.25) is 9.59 Å². The minimum Gasteiger partial charge on any atom is -0.507 e. The number of amides is 1. The van der Waals surface area contributed by atoms with Crippen molar-refractivity contribution in [3.8, 4) is 5.75 Å². The number of rotatable bonds is 8. The summed E-state index contributed by atoms with van der Waals surface area (Å²) in [6, 6.07) is 14.3. The fourth-order valence-corrected chi connectivity index (χ4v) is 4.01. The van der Waals surface area contributed by atoms with Crippen molar-refractivity contribution in [3.05, 3.63) is 70.8 Å². The molecule has 1 aliphatic heterocycles. The Morgan fingerprint density at radius 2 is 1.65 bits per heavy atom. The minimum absolute atomic E-state index is 0.0210. The van der Waals surface area contributed by atoms with Gasteiger partial charge in [0.15, 0.2) is 0 Å². The van der Waals surface area contributed by atoms with Crippen molar-refractivity contribution in [1.29, 1.82) is 0 Å². The van der Waals surface area contributed by atoms with Gasteiger partial charge in [0.2, 0.25) is 0 Å². The number of likely N-dealkylation sites (tertiary alicyclic amines) is 1. The van der Waals surface area contributed by atoms with Crippen molar-refractivity contribution in [2.45, 2.75) is 45.6 Å². The third-order valence-corrected chi connectivity index (χ3v) is 6.02. The molecule has 0 aliphatic carbocycles. The van der Waals surface area contributed by atoms with E-state index in [4.69, 9.17) is 4.74 Å². The van der Waals surface area contributed by atoms with Gasteiger partial charge in [0, 0.05) is 18.7 Å². The SMILES string of the molecule is CCCOc1ccc(C(O)=C2C(=O)C(=O)N(CCN(C)C)[C@@H]2c2ccc(C(C)(C)C)cc2)cc1. The van der Waals surface area contributed by atoms with Gasteiger partial charge in [0.05, 0.1) is 18.2 Å². The Kier molecular flexibility index (Phi) is 7.82. The first kappa shape index (κ1) is 25.5. The van der Waals surface area contributed by atoms with Gasteiger partial charge in [0.1, 0.15) is 11.5 Å². The maximum absolute atomic E-state index is 13.1. The second-order valence-corrected chi connectivity index (χ2v) is 10.0. The van der Waals surface area contributed by atoms with E-state index in [-0.39, 0.29) is 16.7 Å². The number of carbonyl (C=O) groups is 2. The van der Waals surface area contributed by atoms with Crippen LogP contribution < -0.4 is 4.74 Å². The van der Waals surface area contributed by atoms with E-state index in [1.54, 1.807) is 29.2 Å². The molecule has 1 atom stereocenters. The second kappa shape index (κ2) is 10.4. The Labute approximate surface area is 202 Å². The number of hydrogen-bond donors (Lipinski definition) is 1. The molecule has 1 amide bonds. The zero-order valence-electron chi connectivity index (χ0n) is 21.1. The molecule has 0 radical (unpaired) electrons. The van der Waals surface area contributed by atoms with Gasteiger partial charge in [0.25, 0.3) is 11.7 Å². The average molecular weight is 465 g/mol. The Hall–Kier alpha value is -3.12. The summed E-state index contributed by atoms with van der Waals surface area (Å²) in [4.78, 5) is 29.7. The summed E-state index contributed by atoms with van der Waals surface area (Å²) < 4.78 is 5.62.